The minimum absolute atomic E-state index is 0.522. The molecule has 0 radical (unpaired) electrons. The van der Waals surface area contributed by atoms with Crippen LogP contribution in [0.25, 0.3) is 0 Å². The molecule has 0 bridgehead atoms. The van der Waals surface area contributed by atoms with Crippen molar-refractivity contribution in [2.75, 3.05) is 18.5 Å². The zero-order valence-electron chi connectivity index (χ0n) is 13.4. The molecule has 0 aliphatic heterocycles. The molecule has 1 heterocycles. The van der Waals surface area contributed by atoms with Gasteiger partial charge in [-0.15, -0.1) is 0 Å². The predicted molar refractivity (Wildman–Crippen MR) is 86.1 cm³/mol. The van der Waals surface area contributed by atoms with Gasteiger partial charge in [-0.1, -0.05) is 26.8 Å². The molecular formula is C17H29N3. The third kappa shape index (κ3) is 3.72. The first-order valence-electron chi connectivity index (χ1n) is 7.91. The van der Waals surface area contributed by atoms with Crippen LogP contribution in [-0.2, 0) is 6.54 Å². The van der Waals surface area contributed by atoms with E-state index in [2.05, 4.69) is 49.1 Å². The third-order valence-electron chi connectivity index (χ3n) is 4.62. The molecule has 1 aliphatic rings. The van der Waals surface area contributed by atoms with Crippen LogP contribution in [-0.4, -0.2) is 24.6 Å². The molecule has 1 aromatic heterocycles. The lowest BCUT2D eigenvalue weighted by molar-refractivity contribution is 0.222. The fraction of sp³-hybridized carbons (Fsp3) is 0.706. The van der Waals surface area contributed by atoms with Crippen molar-refractivity contribution >= 4 is 5.82 Å². The number of aromatic nitrogens is 1. The second-order valence-corrected chi connectivity index (χ2v) is 6.77. The van der Waals surface area contributed by atoms with Crippen molar-refractivity contribution in [3.8, 4) is 0 Å². The van der Waals surface area contributed by atoms with Crippen molar-refractivity contribution in [3.63, 3.8) is 0 Å². The maximum absolute atomic E-state index is 4.63. The molecule has 3 heteroatoms. The quantitative estimate of drug-likeness (QED) is 0.890. The normalized spacial score (nSPS) is 19.0. The second-order valence-electron chi connectivity index (χ2n) is 6.77. The Labute approximate surface area is 123 Å². The maximum atomic E-state index is 4.63. The number of nitrogens with zero attached hydrogens (tertiary/aromatic N) is 2. The largest absolute Gasteiger partial charge is 0.356 e. The van der Waals surface area contributed by atoms with Gasteiger partial charge in [0.2, 0.25) is 0 Å². The Kier molecular flexibility index (Phi) is 5.03. The Morgan fingerprint density at radius 3 is 2.70 bits per heavy atom. The van der Waals surface area contributed by atoms with Crippen LogP contribution < -0.4 is 10.2 Å². The lowest BCUT2D eigenvalue weighted by Gasteiger charge is -2.39. The summed E-state index contributed by atoms with van der Waals surface area (Å²) in [6.07, 6.45) is 7.10. The lowest BCUT2D eigenvalue weighted by Crippen LogP contribution is -2.38. The fourth-order valence-corrected chi connectivity index (χ4v) is 3.09. The van der Waals surface area contributed by atoms with Crippen LogP contribution in [0.15, 0.2) is 18.3 Å². The summed E-state index contributed by atoms with van der Waals surface area (Å²) in [6.45, 7) is 8.82. The zero-order valence-corrected chi connectivity index (χ0v) is 13.4. The molecule has 0 atom stereocenters. The highest BCUT2D eigenvalue weighted by molar-refractivity contribution is 5.47. The number of rotatable bonds is 5. The van der Waals surface area contributed by atoms with Gasteiger partial charge in [-0.3, -0.25) is 0 Å². The van der Waals surface area contributed by atoms with E-state index in [0.29, 0.717) is 11.5 Å². The summed E-state index contributed by atoms with van der Waals surface area (Å²) in [5, 5.41) is 3.41. The first kappa shape index (κ1) is 15.3. The molecule has 2 rings (SSSR count). The topological polar surface area (TPSA) is 28.2 Å². The van der Waals surface area contributed by atoms with Crippen molar-refractivity contribution in [3.05, 3.63) is 23.9 Å². The molecule has 1 fully saturated rings. The minimum atomic E-state index is 0.522. The monoisotopic (exact) mass is 275 g/mol. The first-order chi connectivity index (χ1) is 9.53. The van der Waals surface area contributed by atoms with E-state index in [9.17, 15) is 0 Å². The maximum Gasteiger partial charge on any atom is 0.132 e. The fourth-order valence-electron chi connectivity index (χ4n) is 3.09. The highest BCUT2D eigenvalue weighted by Gasteiger charge is 2.29. The van der Waals surface area contributed by atoms with Crippen LogP contribution in [0.3, 0.4) is 0 Å². The van der Waals surface area contributed by atoms with Crippen LogP contribution in [0, 0.1) is 5.41 Å². The average Bonchev–Trinajstić information content (AvgIpc) is 2.45. The Morgan fingerprint density at radius 1 is 1.35 bits per heavy atom. The van der Waals surface area contributed by atoms with Gasteiger partial charge >= 0.3 is 0 Å². The Morgan fingerprint density at radius 2 is 2.05 bits per heavy atom. The summed E-state index contributed by atoms with van der Waals surface area (Å²) in [7, 11) is 2.21. The Bertz CT molecular complexity index is 418. The first-order valence-corrected chi connectivity index (χ1v) is 7.91. The van der Waals surface area contributed by atoms with Gasteiger partial charge in [0.15, 0.2) is 0 Å². The van der Waals surface area contributed by atoms with Gasteiger partial charge in [0.25, 0.3) is 0 Å². The van der Waals surface area contributed by atoms with Crippen LogP contribution >= 0.6 is 0 Å². The van der Waals surface area contributed by atoms with E-state index in [4.69, 9.17) is 0 Å². The highest BCUT2D eigenvalue weighted by Crippen LogP contribution is 2.37. The van der Waals surface area contributed by atoms with Crippen molar-refractivity contribution in [1.29, 1.82) is 0 Å². The Balaban J connectivity index is 2.07. The molecule has 0 saturated heterocycles. The van der Waals surface area contributed by atoms with Crippen LogP contribution in [0.4, 0.5) is 5.82 Å². The van der Waals surface area contributed by atoms with Gasteiger partial charge in [0.1, 0.15) is 5.82 Å². The summed E-state index contributed by atoms with van der Waals surface area (Å²) >= 11 is 0. The molecule has 0 aromatic carbocycles. The number of nitrogens with one attached hydrogen (secondary N) is 1. The predicted octanol–water partition coefficient (Wildman–Crippen LogP) is 3.60. The minimum Gasteiger partial charge on any atom is -0.356 e. The van der Waals surface area contributed by atoms with Crippen molar-refractivity contribution in [2.45, 2.75) is 59.0 Å². The van der Waals surface area contributed by atoms with E-state index < -0.39 is 0 Å². The number of hydrogen-bond acceptors (Lipinski definition) is 3. The van der Waals surface area contributed by atoms with Crippen molar-refractivity contribution in [2.24, 2.45) is 5.41 Å². The Hall–Kier alpha value is -1.09. The summed E-state index contributed by atoms with van der Waals surface area (Å²) in [6, 6.07) is 4.86. The van der Waals surface area contributed by atoms with E-state index in [0.717, 1.165) is 18.9 Å². The summed E-state index contributed by atoms with van der Waals surface area (Å²) < 4.78 is 0. The molecule has 1 aliphatic carbocycles. The molecule has 0 amide bonds. The molecule has 3 nitrogen and oxygen atoms in total. The summed E-state index contributed by atoms with van der Waals surface area (Å²) in [5.74, 6) is 1.15. The zero-order chi connectivity index (χ0) is 14.6. The highest BCUT2D eigenvalue weighted by atomic mass is 15.2. The van der Waals surface area contributed by atoms with Gasteiger partial charge in [0.05, 0.1) is 0 Å². The SMILES string of the molecule is CCNCc1cccnc1N(C)C1CCC(C)(C)CC1. The molecule has 112 valence electrons. The van der Waals surface area contributed by atoms with E-state index in [1.807, 2.05) is 12.3 Å². The molecule has 0 unspecified atom stereocenters. The number of anilines is 1. The standard InChI is InChI=1S/C17H29N3/c1-5-18-13-14-7-6-12-19-16(14)20(4)15-8-10-17(2,3)11-9-15/h6-7,12,15,18H,5,8-11,13H2,1-4H3. The van der Waals surface area contributed by atoms with Gasteiger partial charge in [-0.05, 0) is 43.7 Å². The molecule has 1 N–H and O–H groups in total. The van der Waals surface area contributed by atoms with Gasteiger partial charge in [-0.2, -0.15) is 0 Å². The van der Waals surface area contributed by atoms with Gasteiger partial charge in [-0.25, -0.2) is 4.98 Å². The van der Waals surface area contributed by atoms with E-state index in [-0.39, 0.29) is 0 Å². The molecule has 0 spiro atoms. The van der Waals surface area contributed by atoms with E-state index >= 15 is 0 Å². The third-order valence-corrected chi connectivity index (χ3v) is 4.62. The number of hydrogen-bond donors (Lipinski definition) is 1. The van der Waals surface area contributed by atoms with Gasteiger partial charge in [0, 0.05) is 31.4 Å². The molecule has 20 heavy (non-hydrogen) atoms. The van der Waals surface area contributed by atoms with E-state index in [1.165, 1.54) is 31.2 Å². The van der Waals surface area contributed by atoms with Crippen LogP contribution in [0.1, 0.15) is 52.0 Å². The van der Waals surface area contributed by atoms with Crippen LogP contribution in [0.2, 0.25) is 0 Å². The number of pyridine rings is 1. The summed E-state index contributed by atoms with van der Waals surface area (Å²) in [5.41, 5.74) is 1.83. The molecule has 1 aromatic rings. The van der Waals surface area contributed by atoms with Gasteiger partial charge < -0.3 is 10.2 Å². The second kappa shape index (κ2) is 6.57. The van der Waals surface area contributed by atoms with E-state index in [1.54, 1.807) is 0 Å². The van der Waals surface area contributed by atoms with Crippen molar-refractivity contribution < 1.29 is 0 Å². The molecule has 1 saturated carbocycles. The average molecular weight is 275 g/mol. The van der Waals surface area contributed by atoms with Crippen molar-refractivity contribution in [1.82, 2.24) is 10.3 Å². The summed E-state index contributed by atoms with van der Waals surface area (Å²) in [4.78, 5) is 7.03. The smallest absolute Gasteiger partial charge is 0.132 e. The lowest BCUT2D eigenvalue weighted by atomic mass is 9.75. The molecular weight excluding hydrogens is 246 g/mol. The van der Waals surface area contributed by atoms with Crippen LogP contribution in [0.5, 0.6) is 0 Å².